The molecule has 0 radical (unpaired) electrons. The molecule has 1 atom stereocenters. The average molecular weight is 528 g/mol. The largest absolute Gasteiger partial charge is 0.463 e. The minimum Gasteiger partial charge on any atom is -0.463 e. The van der Waals surface area contributed by atoms with Crippen molar-refractivity contribution in [3.63, 3.8) is 0 Å². The molecular formula is C21H25F9O5. The number of ether oxygens (including phenoxy) is 4. The SMILES string of the molecule is CCC(C)(C)C(=O)OCCOC(OCCOC(C(F)(F)F)(C(F)(F)F)C(F)(F)F)c1ccccc1. The number of carbonyl (C=O) groups excluding carboxylic acids is 1. The Bertz CT molecular complexity index is 753. The average Bonchev–Trinajstić information content (AvgIpc) is 2.72. The van der Waals surface area contributed by atoms with E-state index >= 15 is 0 Å². The van der Waals surface area contributed by atoms with Crippen LogP contribution in [0.5, 0.6) is 0 Å². The first kappa shape index (κ1) is 31.0. The van der Waals surface area contributed by atoms with Crippen molar-refractivity contribution in [1.82, 2.24) is 0 Å². The van der Waals surface area contributed by atoms with E-state index in [0.29, 0.717) is 6.42 Å². The van der Waals surface area contributed by atoms with E-state index in [0.717, 1.165) is 0 Å². The van der Waals surface area contributed by atoms with Crippen LogP contribution in [0, 0.1) is 5.41 Å². The summed E-state index contributed by atoms with van der Waals surface area (Å²) in [7, 11) is 0. The molecule has 1 rings (SSSR count). The van der Waals surface area contributed by atoms with Crippen molar-refractivity contribution in [2.45, 2.75) is 57.6 Å². The first-order valence-electron chi connectivity index (χ1n) is 10.2. The lowest BCUT2D eigenvalue weighted by Crippen LogP contribution is -2.68. The summed E-state index contributed by atoms with van der Waals surface area (Å²) in [5.74, 6) is -0.531. The summed E-state index contributed by atoms with van der Waals surface area (Å²) >= 11 is 0. The third-order valence-electron chi connectivity index (χ3n) is 4.96. The van der Waals surface area contributed by atoms with Crippen LogP contribution in [0.15, 0.2) is 30.3 Å². The van der Waals surface area contributed by atoms with Crippen LogP contribution in [-0.2, 0) is 23.7 Å². The van der Waals surface area contributed by atoms with Gasteiger partial charge in [-0.2, -0.15) is 39.5 Å². The third-order valence-corrected chi connectivity index (χ3v) is 4.96. The van der Waals surface area contributed by atoms with Crippen LogP contribution in [0.2, 0.25) is 0 Å². The van der Waals surface area contributed by atoms with Gasteiger partial charge in [0.05, 0.1) is 25.2 Å². The Kier molecular flexibility index (Phi) is 10.4. The maximum Gasteiger partial charge on any atom is 0.435 e. The molecule has 0 aliphatic rings. The van der Waals surface area contributed by atoms with Crippen LogP contribution < -0.4 is 0 Å². The molecule has 0 N–H and O–H groups in total. The zero-order valence-electron chi connectivity index (χ0n) is 18.9. The summed E-state index contributed by atoms with van der Waals surface area (Å²) in [6.07, 6.45) is -21.4. The normalized spacial score (nSPS) is 14.6. The molecule has 202 valence electrons. The van der Waals surface area contributed by atoms with Crippen molar-refractivity contribution in [3.8, 4) is 0 Å². The van der Waals surface area contributed by atoms with E-state index in [4.69, 9.17) is 14.2 Å². The van der Waals surface area contributed by atoms with E-state index < -0.39 is 55.0 Å². The van der Waals surface area contributed by atoms with Crippen LogP contribution in [-0.4, -0.2) is 56.5 Å². The van der Waals surface area contributed by atoms with Gasteiger partial charge in [-0.05, 0) is 20.3 Å². The highest BCUT2D eigenvalue weighted by Gasteiger charge is 2.85. The summed E-state index contributed by atoms with van der Waals surface area (Å²) in [5.41, 5.74) is -6.91. The highest BCUT2D eigenvalue weighted by Crippen LogP contribution is 2.54. The van der Waals surface area contributed by atoms with Crippen LogP contribution in [0.25, 0.3) is 0 Å². The molecule has 0 aliphatic heterocycles. The Morgan fingerprint density at radius 3 is 1.66 bits per heavy atom. The van der Waals surface area contributed by atoms with Gasteiger partial charge in [0.1, 0.15) is 6.61 Å². The molecule has 1 unspecified atom stereocenters. The maximum absolute atomic E-state index is 12.9. The Balaban J connectivity index is 2.85. The van der Waals surface area contributed by atoms with Crippen molar-refractivity contribution in [1.29, 1.82) is 0 Å². The molecule has 0 saturated carbocycles. The number of halogens is 9. The topological polar surface area (TPSA) is 54.0 Å². The molecule has 14 heteroatoms. The second-order valence-corrected chi connectivity index (χ2v) is 7.88. The Morgan fingerprint density at radius 1 is 0.771 bits per heavy atom. The first-order valence-corrected chi connectivity index (χ1v) is 10.2. The molecule has 0 aliphatic carbocycles. The number of carbonyl (C=O) groups is 1. The van der Waals surface area contributed by atoms with Crippen molar-refractivity contribution < 1.29 is 63.3 Å². The van der Waals surface area contributed by atoms with Gasteiger partial charge in [0.25, 0.3) is 0 Å². The monoisotopic (exact) mass is 528 g/mol. The molecule has 0 saturated heterocycles. The molecule has 1 aromatic rings. The lowest BCUT2D eigenvalue weighted by molar-refractivity contribution is -0.458. The van der Waals surface area contributed by atoms with E-state index in [1.165, 1.54) is 24.3 Å². The van der Waals surface area contributed by atoms with Gasteiger partial charge in [-0.25, -0.2) is 0 Å². The van der Waals surface area contributed by atoms with E-state index in [1.54, 1.807) is 26.8 Å². The number of hydrogen-bond donors (Lipinski definition) is 0. The standard InChI is InChI=1S/C21H25F9O5/c1-4-17(2,3)16(31)34-11-10-32-15(14-8-6-5-7-9-14)33-12-13-35-18(19(22,23)24,20(25,26)27)21(28,29)30/h5-9,15H,4,10-13H2,1-3H3. The van der Waals surface area contributed by atoms with E-state index in [-0.39, 0.29) is 18.8 Å². The van der Waals surface area contributed by atoms with Gasteiger partial charge < -0.3 is 18.9 Å². The molecule has 0 bridgehead atoms. The maximum atomic E-state index is 12.9. The number of rotatable bonds is 12. The number of esters is 1. The molecule has 0 amide bonds. The summed E-state index contributed by atoms with van der Waals surface area (Å²) in [4.78, 5) is 12.0. The Hall–Kier alpha value is -2.06. The molecule has 0 spiro atoms. The molecule has 0 fully saturated rings. The van der Waals surface area contributed by atoms with Crippen molar-refractivity contribution >= 4 is 5.97 Å². The Morgan fingerprint density at radius 2 is 1.23 bits per heavy atom. The predicted octanol–water partition coefficient (Wildman–Crippen LogP) is 6.14. The van der Waals surface area contributed by atoms with Gasteiger partial charge in [-0.3, -0.25) is 4.79 Å². The fourth-order valence-corrected chi connectivity index (χ4v) is 2.56. The second-order valence-electron chi connectivity index (χ2n) is 7.88. The van der Waals surface area contributed by atoms with Gasteiger partial charge in [-0.15, -0.1) is 0 Å². The van der Waals surface area contributed by atoms with Crippen molar-refractivity contribution in [2.24, 2.45) is 5.41 Å². The number of alkyl halides is 9. The third kappa shape index (κ3) is 7.71. The molecule has 0 heterocycles. The van der Waals surface area contributed by atoms with Gasteiger partial charge in [-0.1, -0.05) is 37.3 Å². The van der Waals surface area contributed by atoms with Crippen molar-refractivity contribution in [2.75, 3.05) is 26.4 Å². The predicted molar refractivity (Wildman–Crippen MR) is 103 cm³/mol. The summed E-state index contributed by atoms with van der Waals surface area (Å²) in [6, 6.07) is 7.48. The fourth-order valence-electron chi connectivity index (χ4n) is 2.56. The minimum absolute atomic E-state index is 0.251. The molecule has 35 heavy (non-hydrogen) atoms. The summed E-state index contributed by atoms with van der Waals surface area (Å²) in [6.45, 7) is 1.68. The van der Waals surface area contributed by atoms with Gasteiger partial charge in [0.2, 0.25) is 0 Å². The molecule has 0 aromatic heterocycles. The quantitative estimate of drug-likeness (QED) is 0.141. The second kappa shape index (κ2) is 11.8. The molecule has 5 nitrogen and oxygen atoms in total. The highest BCUT2D eigenvalue weighted by atomic mass is 19.4. The van der Waals surface area contributed by atoms with Gasteiger partial charge in [0.15, 0.2) is 6.29 Å². The number of benzene rings is 1. The molecular weight excluding hydrogens is 503 g/mol. The Labute approximate surface area is 195 Å². The van der Waals surface area contributed by atoms with E-state index in [2.05, 4.69) is 4.74 Å². The fraction of sp³-hybridized carbons (Fsp3) is 0.667. The smallest absolute Gasteiger partial charge is 0.435 e. The zero-order valence-corrected chi connectivity index (χ0v) is 18.9. The first-order chi connectivity index (χ1) is 15.9. The van der Waals surface area contributed by atoms with Gasteiger partial charge in [0, 0.05) is 5.56 Å². The number of hydrogen-bond acceptors (Lipinski definition) is 5. The van der Waals surface area contributed by atoms with Crippen LogP contribution >= 0.6 is 0 Å². The van der Waals surface area contributed by atoms with Crippen LogP contribution in [0.3, 0.4) is 0 Å². The summed E-state index contributed by atoms with van der Waals surface area (Å²) in [5, 5.41) is 0. The van der Waals surface area contributed by atoms with Crippen molar-refractivity contribution in [3.05, 3.63) is 35.9 Å². The molecule has 1 aromatic carbocycles. The summed E-state index contributed by atoms with van der Waals surface area (Å²) < 4.78 is 135. The van der Waals surface area contributed by atoms with E-state index in [1.807, 2.05) is 0 Å². The lowest BCUT2D eigenvalue weighted by atomic mass is 9.91. The van der Waals surface area contributed by atoms with E-state index in [9.17, 15) is 44.3 Å². The zero-order chi connectivity index (χ0) is 27.1. The minimum atomic E-state index is -6.84. The van der Waals surface area contributed by atoms with Crippen LogP contribution in [0.1, 0.15) is 39.0 Å². The highest BCUT2D eigenvalue weighted by molar-refractivity contribution is 5.75. The van der Waals surface area contributed by atoms with Crippen LogP contribution in [0.4, 0.5) is 39.5 Å². The van der Waals surface area contributed by atoms with Gasteiger partial charge >= 0.3 is 30.1 Å². The lowest BCUT2D eigenvalue weighted by Gasteiger charge is -2.38.